The molecule has 156 valence electrons. The second-order valence-electron chi connectivity index (χ2n) is 6.60. The van der Waals surface area contributed by atoms with E-state index in [1.165, 1.54) is 7.11 Å². The third kappa shape index (κ3) is 4.39. The number of ether oxygens (including phenoxy) is 2. The number of nitrogens with zero attached hydrogens (tertiary/aromatic N) is 1. The summed E-state index contributed by atoms with van der Waals surface area (Å²) in [6.07, 6.45) is 1.62. The minimum Gasteiger partial charge on any atom is -0.497 e. The molecule has 1 aromatic heterocycles. The highest BCUT2D eigenvalue weighted by Gasteiger charge is 2.18. The molecule has 1 heterocycles. The predicted octanol–water partition coefficient (Wildman–Crippen LogP) is 5.93. The Labute approximate surface area is 184 Å². The molecular weight excluding hydrogens is 416 g/mol. The molecule has 6 nitrogen and oxygen atoms in total. The maximum absolute atomic E-state index is 13.1. The summed E-state index contributed by atoms with van der Waals surface area (Å²) in [4.78, 5) is 17.5. The number of oxazole rings is 1. The average Bonchev–Trinajstić information content (AvgIpc) is 3.29. The molecule has 0 radical (unpaired) electrons. The van der Waals surface area contributed by atoms with Crippen molar-refractivity contribution >= 4 is 23.2 Å². The molecule has 4 aromatic rings. The molecule has 0 atom stereocenters. The highest BCUT2D eigenvalue weighted by molar-refractivity contribution is 6.30. The first kappa shape index (κ1) is 20.5. The topological polar surface area (TPSA) is 73.6 Å². The Balaban J connectivity index is 1.65. The van der Waals surface area contributed by atoms with Crippen LogP contribution in [-0.4, -0.2) is 25.1 Å². The van der Waals surface area contributed by atoms with Gasteiger partial charge in [-0.3, -0.25) is 4.79 Å². The minimum atomic E-state index is -0.326. The normalized spacial score (nSPS) is 10.5. The Kier molecular flexibility index (Phi) is 5.91. The van der Waals surface area contributed by atoms with Crippen molar-refractivity contribution in [2.45, 2.75) is 0 Å². The lowest BCUT2D eigenvalue weighted by molar-refractivity contribution is 0.102. The lowest BCUT2D eigenvalue weighted by Gasteiger charge is -2.13. The van der Waals surface area contributed by atoms with Crippen molar-refractivity contribution in [1.82, 2.24) is 4.98 Å². The van der Waals surface area contributed by atoms with Crippen molar-refractivity contribution in [3.8, 4) is 34.3 Å². The highest BCUT2D eigenvalue weighted by atomic mass is 35.5. The number of aromatic nitrogens is 1. The van der Waals surface area contributed by atoms with Crippen molar-refractivity contribution in [1.29, 1.82) is 0 Å². The molecule has 0 bridgehead atoms. The molecule has 7 heteroatoms. The van der Waals surface area contributed by atoms with E-state index < -0.39 is 0 Å². The van der Waals surface area contributed by atoms with Crippen LogP contribution in [0.25, 0.3) is 22.8 Å². The third-order valence-corrected chi connectivity index (χ3v) is 4.94. The molecule has 31 heavy (non-hydrogen) atoms. The monoisotopic (exact) mass is 434 g/mol. The van der Waals surface area contributed by atoms with Gasteiger partial charge in [0.1, 0.15) is 11.5 Å². The third-order valence-electron chi connectivity index (χ3n) is 4.69. The van der Waals surface area contributed by atoms with Crippen LogP contribution in [0, 0.1) is 0 Å². The summed E-state index contributed by atoms with van der Waals surface area (Å²) in [7, 11) is 3.10. The Morgan fingerprint density at radius 3 is 2.52 bits per heavy atom. The molecule has 0 aliphatic heterocycles. The molecule has 0 aliphatic rings. The van der Waals surface area contributed by atoms with Gasteiger partial charge in [0.25, 0.3) is 5.91 Å². The van der Waals surface area contributed by atoms with Gasteiger partial charge in [0.05, 0.1) is 31.7 Å². The molecule has 0 saturated carbocycles. The van der Waals surface area contributed by atoms with Gasteiger partial charge < -0.3 is 19.2 Å². The molecule has 0 fully saturated rings. The average molecular weight is 435 g/mol. The van der Waals surface area contributed by atoms with Gasteiger partial charge in [-0.1, -0.05) is 23.7 Å². The van der Waals surface area contributed by atoms with E-state index >= 15 is 0 Å². The van der Waals surface area contributed by atoms with E-state index in [-0.39, 0.29) is 5.91 Å². The molecule has 0 spiro atoms. The van der Waals surface area contributed by atoms with E-state index in [0.29, 0.717) is 45.0 Å². The van der Waals surface area contributed by atoms with Gasteiger partial charge >= 0.3 is 0 Å². The smallest absolute Gasteiger partial charge is 0.256 e. The highest BCUT2D eigenvalue weighted by Crippen LogP contribution is 2.32. The van der Waals surface area contributed by atoms with Gasteiger partial charge in [-0.25, -0.2) is 4.98 Å². The molecule has 0 unspecified atom stereocenters. The number of amides is 1. The van der Waals surface area contributed by atoms with Crippen LogP contribution in [0.2, 0.25) is 5.02 Å². The number of benzene rings is 3. The Hall–Kier alpha value is -3.77. The summed E-state index contributed by atoms with van der Waals surface area (Å²) in [6, 6.07) is 19.5. The predicted molar refractivity (Wildman–Crippen MR) is 120 cm³/mol. The largest absolute Gasteiger partial charge is 0.497 e. The van der Waals surface area contributed by atoms with E-state index in [2.05, 4.69) is 10.3 Å². The van der Waals surface area contributed by atoms with Crippen LogP contribution in [0.3, 0.4) is 0 Å². The molecular formula is C24H19ClN2O4. The fraction of sp³-hybridized carbons (Fsp3) is 0.0833. The fourth-order valence-electron chi connectivity index (χ4n) is 3.12. The van der Waals surface area contributed by atoms with Gasteiger partial charge in [0.15, 0.2) is 5.76 Å². The van der Waals surface area contributed by atoms with Crippen molar-refractivity contribution in [3.05, 3.63) is 83.5 Å². The maximum atomic E-state index is 13.1. The van der Waals surface area contributed by atoms with Gasteiger partial charge in [0.2, 0.25) is 5.89 Å². The van der Waals surface area contributed by atoms with Gasteiger partial charge in [0, 0.05) is 22.2 Å². The summed E-state index contributed by atoms with van der Waals surface area (Å²) in [5, 5.41) is 3.52. The van der Waals surface area contributed by atoms with E-state index in [1.807, 2.05) is 18.2 Å². The first-order valence-corrected chi connectivity index (χ1v) is 9.81. The van der Waals surface area contributed by atoms with E-state index in [0.717, 1.165) is 5.56 Å². The van der Waals surface area contributed by atoms with E-state index in [1.54, 1.807) is 61.8 Å². The molecule has 0 saturated heterocycles. The number of methoxy groups -OCH3 is 2. The Bertz CT molecular complexity index is 1220. The number of rotatable bonds is 6. The molecule has 1 N–H and O–H groups in total. The first-order chi connectivity index (χ1) is 15.1. The summed E-state index contributed by atoms with van der Waals surface area (Å²) in [5.41, 5.74) is 2.32. The molecule has 3 aromatic carbocycles. The quantitative estimate of drug-likeness (QED) is 0.407. The van der Waals surface area contributed by atoms with Crippen LogP contribution in [0.15, 0.2) is 77.3 Å². The summed E-state index contributed by atoms with van der Waals surface area (Å²) in [6.45, 7) is 0. The van der Waals surface area contributed by atoms with Gasteiger partial charge in [-0.2, -0.15) is 0 Å². The summed E-state index contributed by atoms with van der Waals surface area (Å²) in [5.74, 6) is 1.72. The second kappa shape index (κ2) is 8.93. The van der Waals surface area contributed by atoms with E-state index in [9.17, 15) is 4.79 Å². The number of nitrogens with one attached hydrogen (secondary N) is 1. The lowest BCUT2D eigenvalue weighted by atomic mass is 10.1. The maximum Gasteiger partial charge on any atom is 0.256 e. The summed E-state index contributed by atoms with van der Waals surface area (Å²) < 4.78 is 16.5. The van der Waals surface area contributed by atoms with Crippen LogP contribution in [-0.2, 0) is 0 Å². The van der Waals surface area contributed by atoms with Crippen molar-refractivity contribution in [2.24, 2.45) is 0 Å². The standard InChI is InChI=1S/C24H19ClN2O4/c1-29-17-11-12-21(30-2)20(13-17)27-23(28)18-5-3-4-6-19(18)24-26-14-22(31-24)15-7-9-16(25)10-8-15/h3-14H,1-2H3,(H,27,28). The van der Waals surface area contributed by atoms with Crippen LogP contribution in [0.4, 0.5) is 5.69 Å². The molecule has 1 amide bonds. The van der Waals surface area contributed by atoms with Crippen LogP contribution in [0.1, 0.15) is 10.4 Å². The van der Waals surface area contributed by atoms with Crippen molar-refractivity contribution in [2.75, 3.05) is 19.5 Å². The fourth-order valence-corrected chi connectivity index (χ4v) is 3.24. The number of hydrogen-bond donors (Lipinski definition) is 1. The van der Waals surface area contributed by atoms with Crippen LogP contribution in [0.5, 0.6) is 11.5 Å². The molecule has 4 rings (SSSR count). The Morgan fingerprint density at radius 1 is 1.00 bits per heavy atom. The first-order valence-electron chi connectivity index (χ1n) is 9.43. The number of halogens is 1. The number of carbonyl (C=O) groups is 1. The number of carbonyl (C=O) groups excluding carboxylic acids is 1. The minimum absolute atomic E-state index is 0.326. The van der Waals surface area contributed by atoms with Crippen molar-refractivity contribution < 1.29 is 18.7 Å². The van der Waals surface area contributed by atoms with Crippen LogP contribution >= 0.6 is 11.6 Å². The lowest BCUT2D eigenvalue weighted by Crippen LogP contribution is -2.14. The van der Waals surface area contributed by atoms with Crippen molar-refractivity contribution in [3.63, 3.8) is 0 Å². The Morgan fingerprint density at radius 2 is 1.77 bits per heavy atom. The van der Waals surface area contributed by atoms with Crippen LogP contribution < -0.4 is 14.8 Å². The zero-order valence-electron chi connectivity index (χ0n) is 16.9. The zero-order valence-corrected chi connectivity index (χ0v) is 17.6. The van der Waals surface area contributed by atoms with Gasteiger partial charge in [-0.15, -0.1) is 0 Å². The molecule has 0 aliphatic carbocycles. The van der Waals surface area contributed by atoms with Gasteiger partial charge in [-0.05, 0) is 48.5 Å². The second-order valence-corrected chi connectivity index (χ2v) is 7.04. The zero-order chi connectivity index (χ0) is 21.8. The number of hydrogen-bond acceptors (Lipinski definition) is 5. The summed E-state index contributed by atoms with van der Waals surface area (Å²) >= 11 is 5.96. The van der Waals surface area contributed by atoms with E-state index in [4.69, 9.17) is 25.5 Å². The number of anilines is 1. The SMILES string of the molecule is COc1ccc(OC)c(NC(=O)c2ccccc2-c2ncc(-c3ccc(Cl)cc3)o2)c1.